The van der Waals surface area contributed by atoms with E-state index < -0.39 is 0 Å². The standard InChI is InChI=1S/C21H28N4O.ClH/c1-2-22-15-16-11-13-24(14-12-16)21(26)20-18-9-6-10-19(18)25(23-20)17-7-4-3-5-8-17;/h3-5,7-8,16,22H,2,6,9-15H2,1H3;1H. The highest BCUT2D eigenvalue weighted by atomic mass is 35.5. The van der Waals surface area contributed by atoms with E-state index in [0.717, 1.165) is 64.0 Å². The van der Waals surface area contributed by atoms with Crippen LogP contribution in [0.2, 0.25) is 0 Å². The molecule has 1 aliphatic heterocycles. The molecule has 1 aromatic carbocycles. The molecule has 6 heteroatoms. The van der Waals surface area contributed by atoms with Crippen molar-refractivity contribution in [2.75, 3.05) is 26.2 Å². The number of benzene rings is 1. The molecule has 2 aromatic rings. The minimum Gasteiger partial charge on any atom is -0.337 e. The predicted octanol–water partition coefficient (Wildman–Crippen LogP) is 3.24. The number of hydrogen-bond donors (Lipinski definition) is 1. The van der Waals surface area contributed by atoms with Gasteiger partial charge in [-0.05, 0) is 63.2 Å². The first-order valence-corrected chi connectivity index (χ1v) is 9.94. The molecule has 0 bridgehead atoms. The Balaban J connectivity index is 0.00000210. The molecule has 1 fully saturated rings. The normalized spacial score (nSPS) is 16.9. The van der Waals surface area contributed by atoms with Crippen LogP contribution in [0.15, 0.2) is 30.3 Å². The Kier molecular flexibility index (Phi) is 6.55. The summed E-state index contributed by atoms with van der Waals surface area (Å²) < 4.78 is 1.99. The third-order valence-corrected chi connectivity index (χ3v) is 5.72. The molecule has 1 amide bonds. The van der Waals surface area contributed by atoms with E-state index in [1.807, 2.05) is 27.8 Å². The minimum atomic E-state index is 0. The van der Waals surface area contributed by atoms with Gasteiger partial charge in [0.2, 0.25) is 0 Å². The van der Waals surface area contributed by atoms with Crippen molar-refractivity contribution in [3.8, 4) is 5.69 Å². The van der Waals surface area contributed by atoms with Gasteiger partial charge in [0.25, 0.3) is 5.91 Å². The Morgan fingerprint density at radius 1 is 1.19 bits per heavy atom. The van der Waals surface area contributed by atoms with E-state index in [4.69, 9.17) is 5.10 Å². The number of fused-ring (bicyclic) bond motifs is 1. The minimum absolute atomic E-state index is 0. The number of para-hydroxylation sites is 1. The third-order valence-electron chi connectivity index (χ3n) is 5.72. The summed E-state index contributed by atoms with van der Waals surface area (Å²) in [4.78, 5) is 15.2. The van der Waals surface area contributed by atoms with Crippen LogP contribution in [0, 0.1) is 5.92 Å². The van der Waals surface area contributed by atoms with Crippen molar-refractivity contribution >= 4 is 18.3 Å². The molecule has 0 unspecified atom stereocenters. The van der Waals surface area contributed by atoms with Gasteiger partial charge in [-0.3, -0.25) is 4.79 Å². The van der Waals surface area contributed by atoms with E-state index in [9.17, 15) is 4.79 Å². The largest absolute Gasteiger partial charge is 0.337 e. The summed E-state index contributed by atoms with van der Waals surface area (Å²) >= 11 is 0. The second-order valence-corrected chi connectivity index (χ2v) is 7.42. The summed E-state index contributed by atoms with van der Waals surface area (Å²) in [5.41, 5.74) is 4.13. The Morgan fingerprint density at radius 3 is 2.63 bits per heavy atom. The average molecular weight is 389 g/mol. The summed E-state index contributed by atoms with van der Waals surface area (Å²) in [5.74, 6) is 0.811. The van der Waals surface area contributed by atoms with E-state index in [0.29, 0.717) is 11.6 Å². The maximum Gasteiger partial charge on any atom is 0.274 e. The quantitative estimate of drug-likeness (QED) is 0.855. The Labute approximate surface area is 167 Å². The van der Waals surface area contributed by atoms with Gasteiger partial charge < -0.3 is 10.2 Å². The second-order valence-electron chi connectivity index (χ2n) is 7.42. The number of amides is 1. The maximum absolute atomic E-state index is 13.2. The van der Waals surface area contributed by atoms with Crippen molar-refractivity contribution < 1.29 is 4.79 Å². The number of carbonyl (C=O) groups excluding carboxylic acids is 1. The Morgan fingerprint density at radius 2 is 1.93 bits per heavy atom. The number of likely N-dealkylation sites (tertiary alicyclic amines) is 1. The third kappa shape index (κ3) is 4.04. The first-order valence-electron chi connectivity index (χ1n) is 9.94. The molecule has 1 N–H and O–H groups in total. The fourth-order valence-corrected chi connectivity index (χ4v) is 4.23. The van der Waals surface area contributed by atoms with Gasteiger partial charge in [-0.1, -0.05) is 25.1 Å². The van der Waals surface area contributed by atoms with Crippen LogP contribution in [0.25, 0.3) is 5.69 Å². The van der Waals surface area contributed by atoms with Gasteiger partial charge in [-0.25, -0.2) is 4.68 Å². The number of nitrogens with one attached hydrogen (secondary N) is 1. The average Bonchev–Trinajstić information content (AvgIpc) is 3.29. The summed E-state index contributed by atoms with van der Waals surface area (Å²) in [6.45, 7) is 5.92. The first kappa shape index (κ1) is 19.9. The van der Waals surface area contributed by atoms with Crippen LogP contribution in [0.3, 0.4) is 0 Å². The molecule has 5 nitrogen and oxygen atoms in total. The fourth-order valence-electron chi connectivity index (χ4n) is 4.23. The molecule has 146 valence electrons. The molecule has 2 heterocycles. The van der Waals surface area contributed by atoms with Crippen molar-refractivity contribution in [1.29, 1.82) is 0 Å². The number of carbonyl (C=O) groups is 1. The van der Waals surface area contributed by atoms with E-state index in [-0.39, 0.29) is 18.3 Å². The number of rotatable bonds is 5. The van der Waals surface area contributed by atoms with Crippen LogP contribution < -0.4 is 5.32 Å². The van der Waals surface area contributed by atoms with Gasteiger partial charge in [-0.2, -0.15) is 5.10 Å². The summed E-state index contributed by atoms with van der Waals surface area (Å²) in [6.07, 6.45) is 5.26. The van der Waals surface area contributed by atoms with Gasteiger partial charge in [-0.15, -0.1) is 12.4 Å². The number of aromatic nitrogens is 2. The molecule has 2 aliphatic rings. The fraction of sp³-hybridized carbons (Fsp3) is 0.524. The summed E-state index contributed by atoms with van der Waals surface area (Å²) in [7, 11) is 0. The highest BCUT2D eigenvalue weighted by molar-refractivity contribution is 5.94. The van der Waals surface area contributed by atoms with Gasteiger partial charge in [0.15, 0.2) is 5.69 Å². The summed E-state index contributed by atoms with van der Waals surface area (Å²) in [5, 5.41) is 8.19. The molecule has 1 aromatic heterocycles. The molecule has 0 atom stereocenters. The van der Waals surface area contributed by atoms with E-state index in [1.165, 1.54) is 11.3 Å². The van der Waals surface area contributed by atoms with Crippen molar-refractivity contribution in [3.05, 3.63) is 47.3 Å². The number of hydrogen-bond acceptors (Lipinski definition) is 3. The lowest BCUT2D eigenvalue weighted by atomic mass is 9.96. The lowest BCUT2D eigenvalue weighted by Gasteiger charge is -2.31. The molecule has 0 spiro atoms. The van der Waals surface area contributed by atoms with E-state index in [1.54, 1.807) is 0 Å². The van der Waals surface area contributed by atoms with Crippen LogP contribution in [0.1, 0.15) is 47.9 Å². The van der Waals surface area contributed by atoms with Crippen molar-refractivity contribution in [2.45, 2.75) is 39.0 Å². The maximum atomic E-state index is 13.2. The van der Waals surface area contributed by atoms with Gasteiger partial charge in [0.1, 0.15) is 0 Å². The van der Waals surface area contributed by atoms with Gasteiger partial charge >= 0.3 is 0 Å². The highest BCUT2D eigenvalue weighted by Gasteiger charge is 2.31. The van der Waals surface area contributed by atoms with Gasteiger partial charge in [0, 0.05) is 24.3 Å². The van der Waals surface area contributed by atoms with Crippen LogP contribution in [-0.2, 0) is 12.8 Å². The smallest absolute Gasteiger partial charge is 0.274 e. The SMILES string of the molecule is CCNCC1CCN(C(=O)c2nn(-c3ccccc3)c3c2CCC3)CC1.Cl. The number of halogens is 1. The van der Waals surface area contributed by atoms with Crippen LogP contribution in [0.5, 0.6) is 0 Å². The molecular weight excluding hydrogens is 360 g/mol. The monoisotopic (exact) mass is 388 g/mol. The molecule has 0 saturated carbocycles. The Hall–Kier alpha value is -1.85. The zero-order valence-electron chi connectivity index (χ0n) is 16.0. The van der Waals surface area contributed by atoms with Gasteiger partial charge in [0.05, 0.1) is 5.69 Å². The van der Waals surface area contributed by atoms with Crippen molar-refractivity contribution in [3.63, 3.8) is 0 Å². The highest BCUT2D eigenvalue weighted by Crippen LogP contribution is 2.29. The predicted molar refractivity (Wildman–Crippen MR) is 110 cm³/mol. The molecule has 1 saturated heterocycles. The second kappa shape index (κ2) is 8.89. The van der Waals surface area contributed by atoms with E-state index in [2.05, 4.69) is 24.4 Å². The number of nitrogens with zero attached hydrogens (tertiary/aromatic N) is 3. The van der Waals surface area contributed by atoms with Crippen LogP contribution in [0.4, 0.5) is 0 Å². The molecule has 1 aliphatic carbocycles. The first-order chi connectivity index (χ1) is 12.8. The zero-order valence-corrected chi connectivity index (χ0v) is 16.8. The van der Waals surface area contributed by atoms with Crippen LogP contribution in [-0.4, -0.2) is 46.8 Å². The molecular formula is C21H29ClN4O. The van der Waals surface area contributed by atoms with Crippen LogP contribution >= 0.6 is 12.4 Å². The lowest BCUT2D eigenvalue weighted by Crippen LogP contribution is -2.41. The molecule has 4 rings (SSSR count). The number of piperidine rings is 1. The summed E-state index contributed by atoms with van der Waals surface area (Å²) in [6, 6.07) is 10.2. The topological polar surface area (TPSA) is 50.2 Å². The lowest BCUT2D eigenvalue weighted by molar-refractivity contribution is 0.0683. The zero-order chi connectivity index (χ0) is 17.9. The molecule has 27 heavy (non-hydrogen) atoms. The van der Waals surface area contributed by atoms with Crippen molar-refractivity contribution in [2.24, 2.45) is 5.92 Å². The van der Waals surface area contributed by atoms with E-state index >= 15 is 0 Å². The van der Waals surface area contributed by atoms with Crippen molar-refractivity contribution in [1.82, 2.24) is 20.0 Å². The Bertz CT molecular complexity index is 766. The molecule has 0 radical (unpaired) electrons.